The standard InChI is InChI=1S/C26H28ClN3O2/c1-19(2)26(32)30(18-21-10-12-23(27)13-11-21)24(15-20-7-4-3-5-8-20)25(31)29-17-22-9-6-14-28-16-22/h3-14,16,19,24H,15,17-18H2,1-2H3,(H,29,31). The number of nitrogens with zero attached hydrogens (tertiary/aromatic N) is 2. The van der Waals surface area contributed by atoms with Gasteiger partial charge in [-0.3, -0.25) is 14.6 Å². The van der Waals surface area contributed by atoms with Crippen LogP contribution in [-0.4, -0.2) is 27.7 Å². The van der Waals surface area contributed by atoms with Crippen LogP contribution in [0.15, 0.2) is 79.1 Å². The van der Waals surface area contributed by atoms with Gasteiger partial charge in [-0.2, -0.15) is 0 Å². The van der Waals surface area contributed by atoms with Crippen molar-refractivity contribution in [3.05, 3.63) is 101 Å². The number of hydrogen-bond acceptors (Lipinski definition) is 3. The van der Waals surface area contributed by atoms with Crippen LogP contribution in [0, 0.1) is 5.92 Å². The molecule has 2 aromatic carbocycles. The minimum atomic E-state index is -0.653. The number of pyridine rings is 1. The largest absolute Gasteiger partial charge is 0.350 e. The zero-order chi connectivity index (χ0) is 22.9. The Labute approximate surface area is 194 Å². The van der Waals surface area contributed by atoms with Crippen LogP contribution in [0.2, 0.25) is 5.02 Å². The highest BCUT2D eigenvalue weighted by atomic mass is 35.5. The minimum absolute atomic E-state index is 0.0718. The quantitative estimate of drug-likeness (QED) is 0.517. The number of carbonyl (C=O) groups excluding carboxylic acids is 2. The molecule has 0 radical (unpaired) electrons. The maximum Gasteiger partial charge on any atom is 0.243 e. The number of aromatic nitrogens is 1. The number of nitrogens with one attached hydrogen (secondary N) is 1. The molecular weight excluding hydrogens is 422 g/mol. The number of carbonyl (C=O) groups is 2. The van der Waals surface area contributed by atoms with Crippen molar-refractivity contribution in [2.75, 3.05) is 0 Å². The van der Waals surface area contributed by atoms with Crippen LogP contribution < -0.4 is 5.32 Å². The third kappa shape index (κ3) is 6.66. The number of halogens is 1. The summed E-state index contributed by atoms with van der Waals surface area (Å²) in [6.45, 7) is 4.38. The maximum absolute atomic E-state index is 13.4. The molecule has 0 fully saturated rings. The number of amides is 2. The van der Waals surface area contributed by atoms with E-state index in [1.54, 1.807) is 29.4 Å². The van der Waals surface area contributed by atoms with Gasteiger partial charge in [0.15, 0.2) is 0 Å². The summed E-state index contributed by atoms with van der Waals surface area (Å²) in [5, 5.41) is 3.62. The molecule has 3 aromatic rings. The molecule has 0 aliphatic carbocycles. The van der Waals surface area contributed by atoms with Crippen molar-refractivity contribution >= 4 is 23.4 Å². The molecule has 0 aliphatic rings. The minimum Gasteiger partial charge on any atom is -0.350 e. The van der Waals surface area contributed by atoms with E-state index in [2.05, 4.69) is 10.3 Å². The Kier molecular flexibility index (Phi) is 8.40. The molecule has 0 bridgehead atoms. The molecule has 5 nitrogen and oxygen atoms in total. The van der Waals surface area contributed by atoms with Gasteiger partial charge in [0.25, 0.3) is 0 Å². The molecule has 1 atom stereocenters. The zero-order valence-electron chi connectivity index (χ0n) is 18.4. The van der Waals surface area contributed by atoms with Gasteiger partial charge in [0.1, 0.15) is 6.04 Å². The van der Waals surface area contributed by atoms with Gasteiger partial charge in [0.05, 0.1) is 0 Å². The van der Waals surface area contributed by atoms with E-state index < -0.39 is 6.04 Å². The molecule has 32 heavy (non-hydrogen) atoms. The molecular formula is C26H28ClN3O2. The van der Waals surface area contributed by atoms with E-state index in [1.165, 1.54) is 0 Å². The summed E-state index contributed by atoms with van der Waals surface area (Å²) in [5.74, 6) is -0.509. The molecule has 2 amide bonds. The molecule has 0 saturated carbocycles. The number of benzene rings is 2. The third-order valence-corrected chi connectivity index (χ3v) is 5.44. The van der Waals surface area contributed by atoms with Crippen LogP contribution in [0.5, 0.6) is 0 Å². The van der Waals surface area contributed by atoms with Crippen molar-refractivity contribution in [1.82, 2.24) is 15.2 Å². The van der Waals surface area contributed by atoms with E-state index >= 15 is 0 Å². The first kappa shape index (κ1) is 23.5. The Hall–Kier alpha value is -3.18. The summed E-state index contributed by atoms with van der Waals surface area (Å²) in [4.78, 5) is 32.4. The van der Waals surface area contributed by atoms with Crippen molar-refractivity contribution in [3.63, 3.8) is 0 Å². The summed E-state index contributed by atoms with van der Waals surface area (Å²) in [7, 11) is 0. The number of rotatable bonds is 9. The first-order valence-electron chi connectivity index (χ1n) is 10.7. The summed E-state index contributed by atoms with van der Waals surface area (Å²) in [6.07, 6.45) is 3.83. The lowest BCUT2D eigenvalue weighted by atomic mass is 10.0. The molecule has 1 N–H and O–H groups in total. The van der Waals surface area contributed by atoms with Crippen LogP contribution in [0.25, 0.3) is 0 Å². The Morgan fingerprint density at radius 3 is 2.25 bits per heavy atom. The van der Waals surface area contributed by atoms with Crippen LogP contribution >= 0.6 is 11.6 Å². The molecule has 1 aromatic heterocycles. The first-order valence-corrected chi connectivity index (χ1v) is 11.1. The molecule has 1 unspecified atom stereocenters. The highest BCUT2D eigenvalue weighted by Gasteiger charge is 2.31. The van der Waals surface area contributed by atoms with Gasteiger partial charge in [-0.25, -0.2) is 0 Å². The van der Waals surface area contributed by atoms with E-state index in [9.17, 15) is 9.59 Å². The van der Waals surface area contributed by atoms with Crippen LogP contribution in [0.4, 0.5) is 0 Å². The van der Waals surface area contributed by atoms with Gasteiger partial charge < -0.3 is 10.2 Å². The highest BCUT2D eigenvalue weighted by Crippen LogP contribution is 2.19. The van der Waals surface area contributed by atoms with Gasteiger partial charge in [0, 0.05) is 42.8 Å². The smallest absolute Gasteiger partial charge is 0.243 e. The maximum atomic E-state index is 13.4. The third-order valence-electron chi connectivity index (χ3n) is 5.18. The van der Waals surface area contributed by atoms with E-state index in [0.29, 0.717) is 24.5 Å². The van der Waals surface area contributed by atoms with E-state index in [4.69, 9.17) is 11.6 Å². The van der Waals surface area contributed by atoms with Gasteiger partial charge >= 0.3 is 0 Å². The average Bonchev–Trinajstić information content (AvgIpc) is 2.81. The second-order valence-electron chi connectivity index (χ2n) is 8.03. The van der Waals surface area contributed by atoms with Gasteiger partial charge in [-0.05, 0) is 34.9 Å². The van der Waals surface area contributed by atoms with Crippen molar-refractivity contribution in [1.29, 1.82) is 0 Å². The topological polar surface area (TPSA) is 62.3 Å². The van der Waals surface area contributed by atoms with Crippen LogP contribution in [0.1, 0.15) is 30.5 Å². The molecule has 3 rings (SSSR count). The first-order chi connectivity index (χ1) is 15.4. The highest BCUT2D eigenvalue weighted by molar-refractivity contribution is 6.30. The molecule has 6 heteroatoms. The molecule has 1 heterocycles. The predicted octanol–water partition coefficient (Wildman–Crippen LogP) is 4.65. The summed E-state index contributed by atoms with van der Waals surface area (Å²) in [5.41, 5.74) is 2.81. The van der Waals surface area contributed by atoms with Crippen molar-refractivity contribution in [3.8, 4) is 0 Å². The lowest BCUT2D eigenvalue weighted by Crippen LogP contribution is -2.51. The Morgan fingerprint density at radius 2 is 1.62 bits per heavy atom. The zero-order valence-corrected chi connectivity index (χ0v) is 19.1. The molecule has 0 aliphatic heterocycles. The number of hydrogen-bond donors (Lipinski definition) is 1. The predicted molar refractivity (Wildman–Crippen MR) is 127 cm³/mol. The van der Waals surface area contributed by atoms with Crippen molar-refractivity contribution in [2.24, 2.45) is 5.92 Å². The average molecular weight is 450 g/mol. The fourth-order valence-corrected chi connectivity index (χ4v) is 3.58. The van der Waals surface area contributed by atoms with Gasteiger partial charge in [-0.15, -0.1) is 0 Å². The van der Waals surface area contributed by atoms with E-state index in [1.807, 2.05) is 68.4 Å². The fourth-order valence-electron chi connectivity index (χ4n) is 3.45. The summed E-state index contributed by atoms with van der Waals surface area (Å²) >= 11 is 6.03. The second-order valence-corrected chi connectivity index (χ2v) is 8.47. The van der Waals surface area contributed by atoms with Crippen molar-refractivity contribution in [2.45, 2.75) is 39.4 Å². The lowest BCUT2D eigenvalue weighted by molar-refractivity contribution is -0.143. The summed E-state index contributed by atoms with van der Waals surface area (Å²) in [6, 6.07) is 20.2. The van der Waals surface area contributed by atoms with Gasteiger partial charge in [0.2, 0.25) is 11.8 Å². The Balaban J connectivity index is 1.89. The van der Waals surface area contributed by atoms with Crippen LogP contribution in [0.3, 0.4) is 0 Å². The SMILES string of the molecule is CC(C)C(=O)N(Cc1ccc(Cl)cc1)C(Cc1ccccc1)C(=O)NCc1cccnc1. The normalized spacial score (nSPS) is 11.8. The van der Waals surface area contributed by atoms with E-state index in [-0.39, 0.29) is 17.7 Å². The summed E-state index contributed by atoms with van der Waals surface area (Å²) < 4.78 is 0. The Morgan fingerprint density at radius 1 is 0.938 bits per heavy atom. The van der Waals surface area contributed by atoms with E-state index in [0.717, 1.165) is 16.7 Å². The molecule has 0 spiro atoms. The Bertz CT molecular complexity index is 1010. The fraction of sp³-hybridized carbons (Fsp3) is 0.269. The monoisotopic (exact) mass is 449 g/mol. The second kappa shape index (κ2) is 11.4. The molecule has 166 valence electrons. The van der Waals surface area contributed by atoms with Crippen LogP contribution in [-0.2, 0) is 29.1 Å². The van der Waals surface area contributed by atoms with Gasteiger partial charge in [-0.1, -0.05) is 74.0 Å². The van der Waals surface area contributed by atoms with Crippen molar-refractivity contribution < 1.29 is 9.59 Å². The lowest BCUT2D eigenvalue weighted by Gasteiger charge is -2.33. The molecule has 0 saturated heterocycles.